The van der Waals surface area contributed by atoms with E-state index in [4.69, 9.17) is 11.2 Å². The van der Waals surface area contributed by atoms with Gasteiger partial charge >= 0.3 is 6.55 Å². The molecule has 1 amide bonds. The van der Waals surface area contributed by atoms with Crippen molar-refractivity contribution in [3.8, 4) is 12.3 Å². The fraction of sp³-hybridized carbons (Fsp3) is 0.647. The molecule has 0 saturated carbocycles. The zero-order valence-corrected chi connectivity index (χ0v) is 26.6. The number of halogens is 2. The quantitative estimate of drug-likeness (QED) is 0.0583. The van der Waals surface area contributed by atoms with E-state index in [1.807, 2.05) is 32.1 Å². The Bertz CT molecular complexity index is 858. The Kier molecular flexibility index (Phi) is 26.6. The van der Waals surface area contributed by atoms with Gasteiger partial charge in [-0.25, -0.2) is 0 Å². The molecule has 0 radical (unpaired) electrons. The van der Waals surface area contributed by atoms with Crippen molar-refractivity contribution in [2.24, 2.45) is 0 Å². The number of alkyl halides is 2. The van der Waals surface area contributed by atoms with Gasteiger partial charge in [-0.05, 0) is 70.8 Å². The summed E-state index contributed by atoms with van der Waals surface area (Å²) in [6.07, 6.45) is 23.4. The number of hydrogen-bond acceptors (Lipinski definition) is 3. The molecule has 228 valence electrons. The van der Waals surface area contributed by atoms with Crippen molar-refractivity contribution < 1.29 is 18.3 Å². The number of carbonyl (C=O) groups excluding carboxylic acids is 1. The van der Waals surface area contributed by atoms with E-state index in [1.165, 1.54) is 51.8 Å². The van der Waals surface area contributed by atoms with Crippen LogP contribution in [0.2, 0.25) is 0 Å². The highest BCUT2D eigenvalue weighted by Gasteiger charge is 2.23. The number of rotatable bonds is 17. The molecular weight excluding hydrogens is 506 g/mol. The Labute approximate surface area is 244 Å². The van der Waals surface area contributed by atoms with E-state index in [0.717, 1.165) is 31.0 Å². The topological polar surface area (TPSA) is 32.8 Å². The van der Waals surface area contributed by atoms with Gasteiger partial charge < -0.3 is 9.64 Å². The van der Waals surface area contributed by atoms with Crippen LogP contribution in [0.3, 0.4) is 0 Å². The first-order valence-corrected chi connectivity index (χ1v) is 15.1. The minimum atomic E-state index is -2.90. The molecule has 0 aliphatic carbocycles. The maximum atomic E-state index is 13.0. The van der Waals surface area contributed by atoms with E-state index in [1.54, 1.807) is 0 Å². The molecule has 0 fully saturated rings. The molecule has 1 aliphatic heterocycles. The Morgan fingerprint density at radius 1 is 1.15 bits per heavy atom. The molecule has 0 spiro atoms. The summed E-state index contributed by atoms with van der Waals surface area (Å²) >= 11 is 0. The second-order valence-corrected chi connectivity index (χ2v) is 9.34. The summed E-state index contributed by atoms with van der Waals surface area (Å²) in [5.41, 5.74) is 4.49. The number of nitrogens with zero attached hydrogens (tertiary/aromatic N) is 2. The summed E-state index contributed by atoms with van der Waals surface area (Å²) in [6, 6.07) is 0. The van der Waals surface area contributed by atoms with Crippen LogP contribution in [0.15, 0.2) is 53.0 Å². The summed E-state index contributed by atoms with van der Waals surface area (Å²) in [5.74, 6) is 1.79. The van der Waals surface area contributed by atoms with E-state index in [9.17, 15) is 13.6 Å². The van der Waals surface area contributed by atoms with Gasteiger partial charge in [0.1, 0.15) is 0 Å². The highest BCUT2D eigenvalue weighted by atomic mass is 19.3. The molecule has 0 aromatic carbocycles. The number of terminal acetylenes is 1. The first-order chi connectivity index (χ1) is 19.2. The van der Waals surface area contributed by atoms with Gasteiger partial charge in [0.2, 0.25) is 0 Å². The third-order valence-electron chi connectivity index (χ3n) is 6.29. The van der Waals surface area contributed by atoms with Crippen LogP contribution in [-0.2, 0) is 9.53 Å². The zero-order valence-electron chi connectivity index (χ0n) is 26.6. The standard InChI is InChI=1S/C23H29F2NO2.C9H21N.C2H6/c1-5-8-12-19(13-10-9-11-16-28-21(6-2)7-3)20-14-15-26(23(24)25)22(27)18(4)17-20;1-4-6-7-8-9-10(3)5-2;1-2/h1,9-10,12,14-15,21,23H,6-8,11,13,16H2,2-4H3;4-9H2,1-3H3;1-2H3/b10-9-,19-12+;;. The fourth-order valence-corrected chi connectivity index (χ4v) is 3.66. The first kappa shape index (κ1) is 39.7. The van der Waals surface area contributed by atoms with Gasteiger partial charge in [-0.1, -0.05) is 79.0 Å². The smallest absolute Gasteiger partial charge is 0.321 e. The van der Waals surface area contributed by atoms with Gasteiger partial charge in [-0.15, -0.1) is 18.1 Å². The van der Waals surface area contributed by atoms with Crippen molar-refractivity contribution in [2.45, 2.75) is 119 Å². The number of allylic oxidation sites excluding steroid dienone is 4. The predicted molar refractivity (Wildman–Crippen MR) is 167 cm³/mol. The normalized spacial score (nSPS) is 13.6. The van der Waals surface area contributed by atoms with Crippen molar-refractivity contribution in [1.82, 2.24) is 9.80 Å². The summed E-state index contributed by atoms with van der Waals surface area (Å²) < 4.78 is 31.8. The summed E-state index contributed by atoms with van der Waals surface area (Å²) in [6.45, 7) is 14.4. The molecule has 0 aromatic heterocycles. The van der Waals surface area contributed by atoms with Crippen LogP contribution in [0.5, 0.6) is 0 Å². The van der Waals surface area contributed by atoms with Gasteiger partial charge in [0, 0.05) is 18.2 Å². The van der Waals surface area contributed by atoms with Crippen LogP contribution >= 0.6 is 0 Å². The van der Waals surface area contributed by atoms with Crippen LogP contribution < -0.4 is 0 Å². The summed E-state index contributed by atoms with van der Waals surface area (Å²) in [5, 5.41) is 0. The van der Waals surface area contributed by atoms with E-state index in [2.05, 4.69) is 51.3 Å². The summed E-state index contributed by atoms with van der Waals surface area (Å²) in [4.78, 5) is 14.8. The summed E-state index contributed by atoms with van der Waals surface area (Å²) in [7, 11) is 2.19. The zero-order chi connectivity index (χ0) is 30.8. The third-order valence-corrected chi connectivity index (χ3v) is 6.29. The largest absolute Gasteiger partial charge is 0.378 e. The van der Waals surface area contributed by atoms with E-state index >= 15 is 0 Å². The minimum absolute atomic E-state index is 0.134. The maximum Gasteiger partial charge on any atom is 0.321 e. The lowest BCUT2D eigenvalue weighted by Crippen LogP contribution is -2.30. The highest BCUT2D eigenvalue weighted by Crippen LogP contribution is 2.22. The number of unbranched alkanes of at least 4 members (excludes halogenated alkanes) is 3. The van der Waals surface area contributed by atoms with Crippen LogP contribution in [0.4, 0.5) is 8.78 Å². The molecule has 0 saturated heterocycles. The maximum absolute atomic E-state index is 13.0. The molecule has 1 rings (SSSR count). The Morgan fingerprint density at radius 2 is 1.82 bits per heavy atom. The average Bonchev–Trinajstić information content (AvgIpc) is 3.11. The van der Waals surface area contributed by atoms with Crippen molar-refractivity contribution in [3.63, 3.8) is 0 Å². The number of carbonyl (C=O) groups is 1. The highest BCUT2D eigenvalue weighted by molar-refractivity contribution is 5.94. The molecule has 40 heavy (non-hydrogen) atoms. The van der Waals surface area contributed by atoms with Gasteiger partial charge in [0.25, 0.3) is 5.91 Å². The number of ether oxygens (including phenoxy) is 1. The van der Waals surface area contributed by atoms with E-state index in [0.29, 0.717) is 36.0 Å². The monoisotopic (exact) mass is 562 g/mol. The lowest BCUT2D eigenvalue weighted by Gasteiger charge is -2.15. The fourth-order valence-electron chi connectivity index (χ4n) is 3.66. The van der Waals surface area contributed by atoms with E-state index < -0.39 is 12.5 Å². The van der Waals surface area contributed by atoms with Crippen molar-refractivity contribution in [2.75, 3.05) is 26.7 Å². The molecule has 0 atom stereocenters. The van der Waals surface area contributed by atoms with Gasteiger partial charge in [-0.2, -0.15) is 8.78 Å². The van der Waals surface area contributed by atoms with Crippen molar-refractivity contribution in [1.29, 1.82) is 0 Å². The molecule has 0 unspecified atom stereocenters. The molecule has 0 N–H and O–H groups in total. The lowest BCUT2D eigenvalue weighted by atomic mass is 10.0. The number of hydrogen-bond donors (Lipinski definition) is 0. The van der Waals surface area contributed by atoms with Crippen molar-refractivity contribution >= 4 is 5.91 Å². The third kappa shape index (κ3) is 18.8. The average molecular weight is 563 g/mol. The van der Waals surface area contributed by atoms with Crippen LogP contribution in [-0.4, -0.2) is 55.1 Å². The lowest BCUT2D eigenvalue weighted by molar-refractivity contribution is -0.134. The molecule has 6 heteroatoms. The SMILES string of the molecule is C#CC/C=C(\C/C=C\CCOC(CC)CC)C1=C=C(C)C(=O)N(C(F)F)C=C1.CC.CCCCCCN(C)CC. The van der Waals surface area contributed by atoms with Crippen LogP contribution in [0, 0.1) is 12.3 Å². The Morgan fingerprint density at radius 3 is 2.38 bits per heavy atom. The second-order valence-electron chi connectivity index (χ2n) is 9.34. The Hall–Kier alpha value is -2.45. The molecule has 0 aromatic rings. The Balaban J connectivity index is 0. The van der Waals surface area contributed by atoms with Gasteiger partial charge in [0.05, 0.1) is 18.3 Å². The van der Waals surface area contributed by atoms with Gasteiger partial charge in [-0.3, -0.25) is 9.69 Å². The first-order valence-electron chi connectivity index (χ1n) is 15.1. The minimum Gasteiger partial charge on any atom is -0.378 e. The predicted octanol–water partition coefficient (Wildman–Crippen LogP) is 9.07. The van der Waals surface area contributed by atoms with Crippen molar-refractivity contribution in [3.05, 3.63) is 53.0 Å². The second kappa shape index (κ2) is 26.8. The van der Waals surface area contributed by atoms with Crippen LogP contribution in [0.1, 0.15) is 106 Å². The molecule has 1 aliphatic rings. The number of amides is 1. The van der Waals surface area contributed by atoms with Gasteiger partial charge in [0.15, 0.2) is 0 Å². The molecular formula is C34H56F2N2O2. The van der Waals surface area contributed by atoms with E-state index in [-0.39, 0.29) is 5.57 Å². The van der Waals surface area contributed by atoms with Crippen LogP contribution in [0.25, 0.3) is 0 Å². The molecule has 1 heterocycles. The molecule has 0 bridgehead atoms. The molecule has 4 nitrogen and oxygen atoms in total.